The van der Waals surface area contributed by atoms with Gasteiger partial charge in [0.2, 0.25) is 5.91 Å². The molecule has 1 fully saturated rings. The summed E-state index contributed by atoms with van der Waals surface area (Å²) < 4.78 is 5.75. The minimum Gasteiger partial charge on any atom is -0.508 e. The number of aryl methyl sites for hydroxylation is 1. The highest BCUT2D eigenvalue weighted by Crippen LogP contribution is 2.40. The van der Waals surface area contributed by atoms with Gasteiger partial charge >= 0.3 is 0 Å². The third kappa shape index (κ3) is 9.52. The molecule has 0 radical (unpaired) electrons. The summed E-state index contributed by atoms with van der Waals surface area (Å²) in [6.45, 7) is 16.6. The molecule has 1 aliphatic rings. The Morgan fingerprint density at radius 1 is 0.979 bits per heavy atom. The topological polar surface area (TPSA) is 183 Å². The Kier molecular flexibility index (Phi) is 12.4. The summed E-state index contributed by atoms with van der Waals surface area (Å²) in [5.41, 5.74) is 8.77. The Morgan fingerprint density at radius 2 is 1.62 bits per heavy atom. The van der Waals surface area contributed by atoms with E-state index in [0.717, 1.165) is 27.8 Å². The van der Waals surface area contributed by atoms with E-state index < -0.39 is 53.5 Å². The maximum absolute atomic E-state index is 13.3. The number of nitrogens with one attached hydrogen (secondary N) is 1. The highest BCUT2D eigenvalue weighted by molar-refractivity contribution is 5.93. The summed E-state index contributed by atoms with van der Waals surface area (Å²) in [4.78, 5) is 26.1. The highest BCUT2D eigenvalue weighted by atomic mass is 16.5. The fourth-order valence-electron chi connectivity index (χ4n) is 5.83. The number of hydrogen-bond donors (Lipinski definition) is 7. The number of aromatic hydroxyl groups is 1. The van der Waals surface area contributed by atoms with Crippen molar-refractivity contribution < 1.29 is 39.9 Å². The van der Waals surface area contributed by atoms with Crippen LogP contribution in [-0.4, -0.2) is 80.3 Å². The zero-order valence-corrected chi connectivity index (χ0v) is 29.9. The first-order chi connectivity index (χ1) is 22.1. The van der Waals surface area contributed by atoms with E-state index in [1.54, 1.807) is 26.0 Å². The van der Waals surface area contributed by atoms with E-state index in [4.69, 9.17) is 10.5 Å². The van der Waals surface area contributed by atoms with Gasteiger partial charge in [-0.05, 0) is 86.9 Å². The van der Waals surface area contributed by atoms with Crippen LogP contribution in [-0.2, 0) is 20.7 Å². The average Bonchev–Trinajstić information content (AvgIpc) is 2.99. The Balaban J connectivity index is 1.82. The maximum Gasteiger partial charge on any atom is 0.226 e. The molecule has 10 heteroatoms. The number of benzene rings is 2. The van der Waals surface area contributed by atoms with Crippen LogP contribution in [0.1, 0.15) is 107 Å². The zero-order chi connectivity index (χ0) is 36.4. The van der Waals surface area contributed by atoms with Crippen LogP contribution >= 0.6 is 0 Å². The van der Waals surface area contributed by atoms with Crippen molar-refractivity contribution in [3.8, 4) is 5.75 Å². The molecule has 48 heavy (non-hydrogen) atoms. The van der Waals surface area contributed by atoms with Crippen molar-refractivity contribution in [2.75, 3.05) is 13.2 Å². The number of carbonyl (C=O) groups excluding carboxylic acids is 2. The van der Waals surface area contributed by atoms with Gasteiger partial charge in [-0.2, -0.15) is 0 Å². The second-order valence-electron chi connectivity index (χ2n) is 15.6. The van der Waals surface area contributed by atoms with Gasteiger partial charge in [0.15, 0.2) is 0 Å². The number of aliphatic hydroxyl groups excluding tert-OH is 4. The number of rotatable bonds is 13. The Bertz CT molecular complexity index is 1490. The van der Waals surface area contributed by atoms with Crippen molar-refractivity contribution in [1.29, 1.82) is 0 Å². The van der Waals surface area contributed by atoms with Gasteiger partial charge in [-0.1, -0.05) is 58.0 Å². The van der Waals surface area contributed by atoms with Crippen LogP contribution in [0, 0.1) is 17.8 Å². The van der Waals surface area contributed by atoms with Crippen LogP contribution in [0.25, 0.3) is 6.08 Å². The van der Waals surface area contributed by atoms with Gasteiger partial charge in [-0.15, -0.1) is 0 Å². The number of phenolic OH excluding ortho intramolecular Hbond substituents is 1. The molecule has 266 valence electrons. The van der Waals surface area contributed by atoms with E-state index in [1.165, 1.54) is 0 Å². The third-order valence-electron chi connectivity index (χ3n) is 9.19. The third-order valence-corrected chi connectivity index (χ3v) is 9.19. The van der Waals surface area contributed by atoms with Crippen LogP contribution in [0.5, 0.6) is 5.75 Å². The lowest BCUT2D eigenvalue weighted by Crippen LogP contribution is -2.55. The predicted molar refractivity (Wildman–Crippen MR) is 186 cm³/mol. The Hall–Kier alpha value is -3.12. The van der Waals surface area contributed by atoms with Gasteiger partial charge in [0.25, 0.3) is 0 Å². The minimum atomic E-state index is -1.56. The van der Waals surface area contributed by atoms with Crippen LogP contribution in [0.4, 0.5) is 0 Å². The van der Waals surface area contributed by atoms with E-state index in [1.807, 2.05) is 78.8 Å². The minimum absolute atomic E-state index is 0.0528. The van der Waals surface area contributed by atoms with E-state index in [-0.39, 0.29) is 35.3 Å². The second-order valence-corrected chi connectivity index (χ2v) is 15.6. The lowest BCUT2D eigenvalue weighted by atomic mass is 9.77. The van der Waals surface area contributed by atoms with Gasteiger partial charge in [0, 0.05) is 29.5 Å². The number of nitrogens with two attached hydrogens (primary N) is 1. The number of Topliss-reactive ketones (excluding diaryl/α,β-unsaturated/α-hetero) is 1. The molecule has 1 saturated heterocycles. The zero-order valence-electron chi connectivity index (χ0n) is 29.9. The SMILES string of the molecule is Cc1cc(/C=C/C(C)(C)C(=O)CC(C)(C)C(=O)NCC(C)(C)N)ccc1Cc1cc([C@@H]2O[C@H](CO)[C@H](O)[C@H](O)[C@@H]2O)c(O)cc1C(C)C. The first-order valence-electron chi connectivity index (χ1n) is 16.6. The molecule has 10 nitrogen and oxygen atoms in total. The molecule has 0 aliphatic carbocycles. The lowest BCUT2D eigenvalue weighted by Gasteiger charge is -2.40. The number of ketones is 1. The van der Waals surface area contributed by atoms with Crippen LogP contribution in [0.15, 0.2) is 36.4 Å². The summed E-state index contributed by atoms with van der Waals surface area (Å²) in [6, 6.07) is 9.43. The van der Waals surface area contributed by atoms with Gasteiger partial charge in [0.1, 0.15) is 42.1 Å². The number of carbonyl (C=O) groups is 2. The van der Waals surface area contributed by atoms with E-state index in [2.05, 4.69) is 5.32 Å². The van der Waals surface area contributed by atoms with E-state index in [0.29, 0.717) is 13.0 Å². The fraction of sp³-hybridized carbons (Fsp3) is 0.579. The van der Waals surface area contributed by atoms with Crippen molar-refractivity contribution in [1.82, 2.24) is 5.32 Å². The summed E-state index contributed by atoms with van der Waals surface area (Å²) in [6.07, 6.45) is -2.45. The van der Waals surface area contributed by atoms with Crippen LogP contribution in [0.3, 0.4) is 0 Å². The van der Waals surface area contributed by atoms with Gasteiger partial charge in [-0.3, -0.25) is 9.59 Å². The van der Waals surface area contributed by atoms with Gasteiger partial charge < -0.3 is 41.3 Å². The summed E-state index contributed by atoms with van der Waals surface area (Å²) in [7, 11) is 0. The first-order valence-corrected chi connectivity index (χ1v) is 16.6. The van der Waals surface area contributed by atoms with Crippen molar-refractivity contribution >= 4 is 17.8 Å². The largest absolute Gasteiger partial charge is 0.508 e. The molecular formula is C38H56N2O8. The summed E-state index contributed by atoms with van der Waals surface area (Å²) in [5, 5.41) is 54.8. The molecule has 1 aliphatic heterocycles. The van der Waals surface area contributed by atoms with Crippen molar-refractivity contribution in [2.45, 2.75) is 117 Å². The van der Waals surface area contributed by atoms with Crippen molar-refractivity contribution in [2.24, 2.45) is 16.6 Å². The smallest absolute Gasteiger partial charge is 0.226 e. The van der Waals surface area contributed by atoms with Crippen LogP contribution in [0.2, 0.25) is 0 Å². The number of allylic oxidation sites excluding steroid dienone is 1. The molecule has 0 aromatic heterocycles. The maximum atomic E-state index is 13.3. The molecule has 0 saturated carbocycles. The highest BCUT2D eigenvalue weighted by Gasteiger charge is 2.45. The number of amides is 1. The number of phenols is 1. The number of hydrogen-bond acceptors (Lipinski definition) is 9. The van der Waals surface area contributed by atoms with Gasteiger partial charge in [-0.25, -0.2) is 0 Å². The molecule has 5 atom stereocenters. The summed E-state index contributed by atoms with van der Waals surface area (Å²) >= 11 is 0. The van der Waals surface area contributed by atoms with E-state index in [9.17, 15) is 35.1 Å². The Labute approximate surface area is 285 Å². The van der Waals surface area contributed by atoms with Crippen molar-refractivity contribution in [3.05, 3.63) is 69.8 Å². The molecular weight excluding hydrogens is 612 g/mol. The number of ether oxygens (including phenoxy) is 1. The second kappa shape index (κ2) is 15.2. The fourth-order valence-corrected chi connectivity index (χ4v) is 5.83. The van der Waals surface area contributed by atoms with E-state index >= 15 is 0 Å². The molecule has 0 spiro atoms. The first kappa shape index (κ1) is 39.3. The Morgan fingerprint density at radius 3 is 2.19 bits per heavy atom. The molecule has 1 amide bonds. The lowest BCUT2D eigenvalue weighted by molar-refractivity contribution is -0.232. The molecule has 3 rings (SSSR count). The molecule has 0 unspecified atom stereocenters. The molecule has 8 N–H and O–H groups in total. The van der Waals surface area contributed by atoms with Gasteiger partial charge in [0.05, 0.1) is 12.0 Å². The molecule has 2 aromatic carbocycles. The summed E-state index contributed by atoms with van der Waals surface area (Å²) in [5.74, 6) is -0.303. The molecule has 2 aromatic rings. The molecule has 1 heterocycles. The number of aliphatic hydroxyl groups is 4. The average molecular weight is 669 g/mol. The quantitative estimate of drug-likeness (QED) is 0.167. The predicted octanol–water partition coefficient (Wildman–Crippen LogP) is 3.81. The monoisotopic (exact) mass is 668 g/mol. The molecule has 0 bridgehead atoms. The normalized spacial score (nSPS) is 22.4. The standard InChI is InChI=1S/C38H56N2O8/c1-21(2)26-17-28(42)27(34-33(46)32(45)31(44)29(19-41)48-34)16-25(26)15-24-11-10-23(14-22(24)3)12-13-36(4,5)30(43)18-37(6,7)35(47)40-20-38(8,9)39/h10-14,16-17,21,29,31-34,41-42,44-46H,15,18-20,39H2,1-9H3,(H,40,47)/b13-12+/t29-,31+,32+,33+,34+/m1/s1. The van der Waals surface area contributed by atoms with Crippen molar-refractivity contribution in [3.63, 3.8) is 0 Å². The van der Waals surface area contributed by atoms with Crippen LogP contribution < -0.4 is 11.1 Å².